The molecule has 0 atom stereocenters. The molecule has 0 aromatic heterocycles. The first-order valence-corrected chi connectivity index (χ1v) is 5.20. The fraction of sp³-hybridized carbons (Fsp3) is 1.00. The Hall–Kier alpha value is -0.120. The van der Waals surface area contributed by atoms with Crippen molar-refractivity contribution in [2.45, 2.75) is 45.1 Å². The molecule has 0 N–H and O–H groups in total. The van der Waals surface area contributed by atoms with Gasteiger partial charge in [-0.3, -0.25) is 0 Å². The van der Waals surface area contributed by atoms with Crippen LogP contribution in [-0.2, 0) is 9.47 Å². The lowest BCUT2D eigenvalue weighted by Crippen LogP contribution is -2.53. The van der Waals surface area contributed by atoms with Gasteiger partial charge in [0.2, 0.25) is 6.41 Å². The van der Waals surface area contributed by atoms with Crippen LogP contribution in [0.15, 0.2) is 0 Å². The Morgan fingerprint density at radius 3 is 2.46 bits per heavy atom. The minimum Gasteiger partial charge on any atom is -0.337 e. The molecule has 0 radical (unpaired) electrons. The average Bonchev–Trinajstić information content (AvgIpc) is 2.55. The van der Waals surface area contributed by atoms with Crippen LogP contribution in [0.1, 0.15) is 33.1 Å². The van der Waals surface area contributed by atoms with Gasteiger partial charge in [0.15, 0.2) is 0 Å². The van der Waals surface area contributed by atoms with E-state index < -0.39 is 0 Å². The highest BCUT2D eigenvalue weighted by molar-refractivity contribution is 4.85. The second-order valence-corrected chi connectivity index (χ2v) is 4.51. The SMILES string of the molecule is CC1(C)CCCCN1C1OCCO1. The number of hydrogen-bond donors (Lipinski definition) is 0. The van der Waals surface area contributed by atoms with E-state index in [4.69, 9.17) is 9.47 Å². The van der Waals surface area contributed by atoms with E-state index in [0.29, 0.717) is 0 Å². The second-order valence-electron chi connectivity index (χ2n) is 4.51. The summed E-state index contributed by atoms with van der Waals surface area (Å²) in [4.78, 5) is 2.35. The molecular formula is C10H19NO2. The summed E-state index contributed by atoms with van der Waals surface area (Å²) in [5, 5.41) is 0. The average molecular weight is 185 g/mol. The van der Waals surface area contributed by atoms with Crippen molar-refractivity contribution in [2.75, 3.05) is 19.8 Å². The predicted molar refractivity (Wildman–Crippen MR) is 50.3 cm³/mol. The fourth-order valence-electron chi connectivity index (χ4n) is 2.20. The van der Waals surface area contributed by atoms with Crippen molar-refractivity contribution in [1.29, 1.82) is 0 Å². The monoisotopic (exact) mass is 185 g/mol. The lowest BCUT2D eigenvalue weighted by Gasteiger charge is -2.44. The summed E-state index contributed by atoms with van der Waals surface area (Å²) in [5.74, 6) is 0. The Morgan fingerprint density at radius 2 is 1.85 bits per heavy atom. The maximum atomic E-state index is 5.53. The standard InChI is InChI=1S/C10H19NO2/c1-10(2)5-3-4-6-11(10)9-12-7-8-13-9/h9H,3-8H2,1-2H3. The van der Waals surface area contributed by atoms with E-state index >= 15 is 0 Å². The van der Waals surface area contributed by atoms with Gasteiger partial charge in [-0.25, -0.2) is 4.90 Å². The highest BCUT2D eigenvalue weighted by Crippen LogP contribution is 2.30. The maximum Gasteiger partial charge on any atom is 0.219 e. The molecule has 2 heterocycles. The second kappa shape index (κ2) is 3.56. The quantitative estimate of drug-likeness (QED) is 0.619. The normalized spacial score (nSPS) is 30.9. The maximum absolute atomic E-state index is 5.53. The van der Waals surface area contributed by atoms with Gasteiger partial charge < -0.3 is 9.47 Å². The van der Waals surface area contributed by atoms with Crippen LogP contribution in [0.25, 0.3) is 0 Å². The molecule has 0 unspecified atom stereocenters. The third-order valence-electron chi connectivity index (χ3n) is 3.07. The first kappa shape index (κ1) is 9.44. The Kier molecular flexibility index (Phi) is 2.58. The van der Waals surface area contributed by atoms with Gasteiger partial charge in [0.1, 0.15) is 0 Å². The van der Waals surface area contributed by atoms with Gasteiger partial charge in [-0.2, -0.15) is 0 Å². The van der Waals surface area contributed by atoms with Crippen molar-refractivity contribution in [3.63, 3.8) is 0 Å². The van der Waals surface area contributed by atoms with Crippen molar-refractivity contribution >= 4 is 0 Å². The van der Waals surface area contributed by atoms with Gasteiger partial charge >= 0.3 is 0 Å². The Balaban J connectivity index is 2.02. The first-order valence-electron chi connectivity index (χ1n) is 5.20. The van der Waals surface area contributed by atoms with E-state index in [9.17, 15) is 0 Å². The molecule has 0 spiro atoms. The van der Waals surface area contributed by atoms with Gasteiger partial charge in [-0.05, 0) is 26.7 Å². The minimum absolute atomic E-state index is 0.0738. The van der Waals surface area contributed by atoms with E-state index in [0.717, 1.165) is 19.8 Å². The number of hydrogen-bond acceptors (Lipinski definition) is 3. The van der Waals surface area contributed by atoms with Crippen molar-refractivity contribution in [2.24, 2.45) is 0 Å². The number of piperidine rings is 1. The van der Waals surface area contributed by atoms with E-state index in [-0.39, 0.29) is 12.0 Å². The smallest absolute Gasteiger partial charge is 0.219 e. The molecule has 3 heteroatoms. The number of nitrogens with zero attached hydrogens (tertiary/aromatic N) is 1. The molecule has 3 nitrogen and oxygen atoms in total. The summed E-state index contributed by atoms with van der Waals surface area (Å²) in [6.07, 6.45) is 3.77. The molecule has 2 fully saturated rings. The number of rotatable bonds is 1. The summed E-state index contributed by atoms with van der Waals surface area (Å²) in [5.41, 5.74) is 0.243. The zero-order valence-corrected chi connectivity index (χ0v) is 8.58. The van der Waals surface area contributed by atoms with Crippen LogP contribution in [0.2, 0.25) is 0 Å². The topological polar surface area (TPSA) is 21.7 Å². The largest absolute Gasteiger partial charge is 0.337 e. The fourth-order valence-corrected chi connectivity index (χ4v) is 2.20. The highest BCUT2D eigenvalue weighted by atomic mass is 16.7. The lowest BCUT2D eigenvalue weighted by atomic mass is 9.91. The molecule has 2 aliphatic rings. The molecule has 13 heavy (non-hydrogen) atoms. The zero-order valence-electron chi connectivity index (χ0n) is 8.58. The Bertz CT molecular complexity index is 176. The Morgan fingerprint density at radius 1 is 1.15 bits per heavy atom. The zero-order chi connectivity index (χ0) is 9.31. The third-order valence-corrected chi connectivity index (χ3v) is 3.07. The van der Waals surface area contributed by atoms with E-state index in [2.05, 4.69) is 18.7 Å². The van der Waals surface area contributed by atoms with Crippen molar-refractivity contribution < 1.29 is 9.47 Å². The predicted octanol–water partition coefficient (Wildman–Crippen LogP) is 1.58. The molecule has 0 amide bonds. The van der Waals surface area contributed by atoms with Gasteiger partial charge in [-0.1, -0.05) is 6.42 Å². The van der Waals surface area contributed by atoms with Crippen LogP contribution in [0.3, 0.4) is 0 Å². The van der Waals surface area contributed by atoms with Gasteiger partial charge in [0.25, 0.3) is 0 Å². The molecule has 0 aromatic rings. The molecule has 0 aromatic carbocycles. The van der Waals surface area contributed by atoms with Crippen molar-refractivity contribution in [1.82, 2.24) is 4.90 Å². The summed E-state index contributed by atoms with van der Waals surface area (Å²) in [6, 6.07) is 0. The summed E-state index contributed by atoms with van der Waals surface area (Å²) in [7, 11) is 0. The summed E-state index contributed by atoms with van der Waals surface area (Å²) < 4.78 is 11.1. The molecule has 0 saturated carbocycles. The van der Waals surface area contributed by atoms with Crippen LogP contribution in [0, 0.1) is 0 Å². The molecule has 76 valence electrons. The molecule has 0 aliphatic carbocycles. The molecule has 2 aliphatic heterocycles. The van der Waals surface area contributed by atoms with Crippen LogP contribution < -0.4 is 0 Å². The molecule has 2 rings (SSSR count). The highest BCUT2D eigenvalue weighted by Gasteiger charge is 2.37. The van der Waals surface area contributed by atoms with E-state index in [1.165, 1.54) is 19.3 Å². The lowest BCUT2D eigenvalue weighted by molar-refractivity contribution is -0.192. The molecule has 2 saturated heterocycles. The molecule has 0 bridgehead atoms. The number of ether oxygens (including phenoxy) is 2. The van der Waals surface area contributed by atoms with E-state index in [1.54, 1.807) is 0 Å². The molecular weight excluding hydrogens is 166 g/mol. The summed E-state index contributed by atoms with van der Waals surface area (Å²) in [6.45, 7) is 7.15. The first-order chi connectivity index (χ1) is 6.20. The number of likely N-dealkylation sites (tertiary alicyclic amines) is 1. The van der Waals surface area contributed by atoms with Gasteiger partial charge in [0, 0.05) is 12.1 Å². The third kappa shape index (κ3) is 1.87. The minimum atomic E-state index is -0.0738. The van der Waals surface area contributed by atoms with Crippen LogP contribution in [0.4, 0.5) is 0 Å². The van der Waals surface area contributed by atoms with Gasteiger partial charge in [0.05, 0.1) is 13.2 Å². The van der Waals surface area contributed by atoms with Gasteiger partial charge in [-0.15, -0.1) is 0 Å². The van der Waals surface area contributed by atoms with Crippen LogP contribution in [0.5, 0.6) is 0 Å². The Labute approximate surface area is 80.0 Å². The van der Waals surface area contributed by atoms with Crippen LogP contribution in [-0.4, -0.2) is 36.6 Å². The summed E-state index contributed by atoms with van der Waals surface area (Å²) >= 11 is 0. The van der Waals surface area contributed by atoms with E-state index in [1.807, 2.05) is 0 Å². The van der Waals surface area contributed by atoms with Crippen molar-refractivity contribution in [3.8, 4) is 0 Å². The van der Waals surface area contributed by atoms with Crippen LogP contribution >= 0.6 is 0 Å². The van der Waals surface area contributed by atoms with Crippen molar-refractivity contribution in [3.05, 3.63) is 0 Å².